The van der Waals surface area contributed by atoms with Crippen molar-refractivity contribution in [2.45, 2.75) is 95.8 Å². The van der Waals surface area contributed by atoms with Crippen molar-refractivity contribution in [3.63, 3.8) is 0 Å². The first-order valence-corrected chi connectivity index (χ1v) is 11.2. The first kappa shape index (κ1) is 30.8. The molecule has 0 aromatic heterocycles. The number of nitrogens with one attached hydrogen (secondary N) is 3. The van der Waals surface area contributed by atoms with Gasteiger partial charge in [0.2, 0.25) is 17.7 Å². The number of carbonyl (C=O) groups is 6. The quantitative estimate of drug-likeness (QED) is 0.123. The molecule has 0 spiro atoms. The molecule has 0 fully saturated rings. The number of hydrogen-bond donors (Lipinski definition) is 7. The highest BCUT2D eigenvalue weighted by Gasteiger charge is 2.28. The van der Waals surface area contributed by atoms with Crippen LogP contribution in [0, 0.1) is 0 Å². The minimum atomic E-state index is -1.51. The minimum Gasteiger partial charge on any atom is -0.480 e. The van der Waals surface area contributed by atoms with Crippen LogP contribution in [0.4, 0.5) is 0 Å². The lowest BCUT2D eigenvalue weighted by atomic mass is 10.0. The van der Waals surface area contributed by atoms with Gasteiger partial charge in [0, 0.05) is 6.42 Å². The van der Waals surface area contributed by atoms with E-state index in [2.05, 4.69) is 16.0 Å². The Hall–Kier alpha value is -3.22. The first-order valence-electron chi connectivity index (χ1n) is 11.2. The molecule has 0 aliphatic carbocycles. The summed E-state index contributed by atoms with van der Waals surface area (Å²) in [5, 5.41) is 34.0. The fraction of sp³-hybridized carbons (Fsp3) is 0.714. The molecular formula is C21H36N4O9. The summed E-state index contributed by atoms with van der Waals surface area (Å²) >= 11 is 0. The summed E-state index contributed by atoms with van der Waals surface area (Å²) < 4.78 is 0. The summed E-state index contributed by atoms with van der Waals surface area (Å²) in [7, 11) is 0. The SMILES string of the molecule is CCCCCCC(=O)N[C@H](CC(=O)N[C@@H](CCC[C@@H](N)C(=O)O)C(=O)N[C@H](C)C(=O)O)C(=O)O. The molecule has 194 valence electrons. The maximum Gasteiger partial charge on any atom is 0.326 e. The number of aliphatic carboxylic acids is 3. The number of carboxylic acids is 3. The molecule has 3 amide bonds. The molecular weight excluding hydrogens is 452 g/mol. The van der Waals surface area contributed by atoms with Crippen molar-refractivity contribution in [3.05, 3.63) is 0 Å². The summed E-state index contributed by atoms with van der Waals surface area (Å²) in [4.78, 5) is 70.2. The molecule has 0 saturated heterocycles. The molecule has 4 atom stereocenters. The fourth-order valence-corrected chi connectivity index (χ4v) is 2.93. The molecule has 13 heteroatoms. The normalized spacial score (nSPS) is 14.2. The van der Waals surface area contributed by atoms with Gasteiger partial charge in [-0.1, -0.05) is 26.2 Å². The monoisotopic (exact) mass is 488 g/mol. The lowest BCUT2D eigenvalue weighted by Gasteiger charge is -2.21. The molecule has 0 rings (SSSR count). The number of unbranched alkanes of at least 4 members (excludes halogenated alkanes) is 3. The molecule has 34 heavy (non-hydrogen) atoms. The Labute approximate surface area is 197 Å². The van der Waals surface area contributed by atoms with E-state index in [0.29, 0.717) is 6.42 Å². The predicted molar refractivity (Wildman–Crippen MR) is 120 cm³/mol. The van der Waals surface area contributed by atoms with Gasteiger partial charge in [0.25, 0.3) is 0 Å². The van der Waals surface area contributed by atoms with Crippen LogP contribution >= 0.6 is 0 Å². The first-order chi connectivity index (χ1) is 15.9. The fourth-order valence-electron chi connectivity index (χ4n) is 2.93. The number of rotatable bonds is 18. The highest BCUT2D eigenvalue weighted by atomic mass is 16.4. The van der Waals surface area contributed by atoms with Crippen molar-refractivity contribution >= 4 is 35.6 Å². The second-order valence-corrected chi connectivity index (χ2v) is 8.04. The average Bonchev–Trinajstić information content (AvgIpc) is 2.74. The van der Waals surface area contributed by atoms with E-state index in [-0.39, 0.29) is 25.7 Å². The van der Waals surface area contributed by atoms with Gasteiger partial charge in [-0.05, 0) is 32.6 Å². The van der Waals surface area contributed by atoms with Gasteiger partial charge in [0.05, 0.1) is 6.42 Å². The van der Waals surface area contributed by atoms with Crippen molar-refractivity contribution in [2.24, 2.45) is 5.73 Å². The van der Waals surface area contributed by atoms with E-state index >= 15 is 0 Å². The molecule has 0 radical (unpaired) electrons. The van der Waals surface area contributed by atoms with E-state index in [4.69, 9.17) is 15.9 Å². The van der Waals surface area contributed by atoms with Crippen molar-refractivity contribution in [2.75, 3.05) is 0 Å². The van der Waals surface area contributed by atoms with Crippen molar-refractivity contribution in [1.29, 1.82) is 0 Å². The van der Waals surface area contributed by atoms with Gasteiger partial charge in [-0.3, -0.25) is 24.0 Å². The molecule has 13 nitrogen and oxygen atoms in total. The zero-order valence-corrected chi connectivity index (χ0v) is 19.5. The molecule has 0 aliphatic heterocycles. The lowest BCUT2D eigenvalue weighted by molar-refractivity contribution is -0.144. The van der Waals surface area contributed by atoms with Gasteiger partial charge >= 0.3 is 17.9 Å². The van der Waals surface area contributed by atoms with E-state index < -0.39 is 66.2 Å². The second kappa shape index (κ2) is 16.4. The lowest BCUT2D eigenvalue weighted by Crippen LogP contribution is -2.52. The smallest absolute Gasteiger partial charge is 0.326 e. The van der Waals surface area contributed by atoms with Crippen LogP contribution in [0.5, 0.6) is 0 Å². The van der Waals surface area contributed by atoms with E-state index in [1.54, 1.807) is 0 Å². The van der Waals surface area contributed by atoms with Crippen LogP contribution in [-0.2, 0) is 28.8 Å². The van der Waals surface area contributed by atoms with Crippen molar-refractivity contribution in [3.8, 4) is 0 Å². The van der Waals surface area contributed by atoms with Crippen LogP contribution in [0.15, 0.2) is 0 Å². The standard InChI is InChI=1S/C21H36N4O9/c1-3-4-5-6-10-16(26)25-15(21(33)34)11-17(27)24-14(9-7-8-13(22)20(31)32)18(28)23-12(2)19(29)30/h12-15H,3-11,22H2,1-2H3,(H,23,28)(H,24,27)(H,25,26)(H,29,30)(H,31,32)(H,33,34)/t12-,13-,14+,15-/m1/s1. The summed E-state index contributed by atoms with van der Waals surface area (Å²) in [6.45, 7) is 3.23. The van der Waals surface area contributed by atoms with Gasteiger partial charge in [-0.15, -0.1) is 0 Å². The van der Waals surface area contributed by atoms with E-state index in [1.807, 2.05) is 6.92 Å². The van der Waals surface area contributed by atoms with Gasteiger partial charge < -0.3 is 37.0 Å². The Morgan fingerprint density at radius 3 is 1.88 bits per heavy atom. The van der Waals surface area contributed by atoms with Crippen LogP contribution < -0.4 is 21.7 Å². The number of hydrogen-bond acceptors (Lipinski definition) is 7. The van der Waals surface area contributed by atoms with Crippen LogP contribution in [-0.4, -0.2) is 75.1 Å². The van der Waals surface area contributed by atoms with Gasteiger partial charge in [0.1, 0.15) is 24.2 Å². The minimum absolute atomic E-state index is 0.00466. The molecule has 0 heterocycles. The van der Waals surface area contributed by atoms with Crippen LogP contribution in [0.1, 0.15) is 71.6 Å². The van der Waals surface area contributed by atoms with Crippen molar-refractivity contribution < 1.29 is 44.1 Å². The molecule has 0 unspecified atom stereocenters. The van der Waals surface area contributed by atoms with Crippen LogP contribution in [0.2, 0.25) is 0 Å². The number of carboxylic acid groups (broad SMARTS) is 3. The van der Waals surface area contributed by atoms with Crippen LogP contribution in [0.3, 0.4) is 0 Å². The number of carbonyl (C=O) groups excluding carboxylic acids is 3. The Morgan fingerprint density at radius 1 is 0.735 bits per heavy atom. The Morgan fingerprint density at radius 2 is 1.35 bits per heavy atom. The van der Waals surface area contributed by atoms with E-state index in [1.165, 1.54) is 6.92 Å². The van der Waals surface area contributed by atoms with Crippen LogP contribution in [0.25, 0.3) is 0 Å². The second-order valence-electron chi connectivity index (χ2n) is 8.04. The predicted octanol–water partition coefficient (Wildman–Crippen LogP) is -0.427. The largest absolute Gasteiger partial charge is 0.480 e. The molecule has 8 N–H and O–H groups in total. The highest BCUT2D eigenvalue weighted by molar-refractivity contribution is 5.92. The summed E-state index contributed by atoms with van der Waals surface area (Å²) in [6.07, 6.45) is 2.84. The Balaban J connectivity index is 5.08. The Kier molecular flexibility index (Phi) is 14.8. The van der Waals surface area contributed by atoms with E-state index in [9.17, 15) is 33.9 Å². The van der Waals surface area contributed by atoms with Crippen molar-refractivity contribution in [1.82, 2.24) is 16.0 Å². The molecule has 0 bridgehead atoms. The topological polar surface area (TPSA) is 225 Å². The zero-order chi connectivity index (χ0) is 26.3. The molecule has 0 aromatic carbocycles. The highest BCUT2D eigenvalue weighted by Crippen LogP contribution is 2.07. The summed E-state index contributed by atoms with van der Waals surface area (Å²) in [5.41, 5.74) is 5.43. The third-order valence-electron chi connectivity index (χ3n) is 4.99. The third kappa shape index (κ3) is 13.4. The maximum absolute atomic E-state index is 12.4. The van der Waals surface area contributed by atoms with Gasteiger partial charge in [-0.25, -0.2) is 4.79 Å². The number of amides is 3. The summed E-state index contributed by atoms with van der Waals surface area (Å²) in [6, 6.07) is -5.21. The molecule has 0 saturated carbocycles. The van der Waals surface area contributed by atoms with E-state index in [0.717, 1.165) is 19.3 Å². The Bertz CT molecular complexity index is 729. The average molecular weight is 489 g/mol. The number of nitrogens with two attached hydrogens (primary N) is 1. The van der Waals surface area contributed by atoms with Gasteiger partial charge in [0.15, 0.2) is 0 Å². The molecule has 0 aliphatic rings. The summed E-state index contributed by atoms with van der Waals surface area (Å²) in [5.74, 6) is -6.17. The molecule has 0 aromatic rings. The maximum atomic E-state index is 12.4. The third-order valence-corrected chi connectivity index (χ3v) is 4.99. The zero-order valence-electron chi connectivity index (χ0n) is 19.5. The van der Waals surface area contributed by atoms with Gasteiger partial charge in [-0.2, -0.15) is 0 Å².